The summed E-state index contributed by atoms with van der Waals surface area (Å²) in [6.45, 7) is 3.26. The minimum atomic E-state index is -0.689. The molecule has 0 spiro atoms. The number of anilines is 2. The van der Waals surface area contributed by atoms with Gasteiger partial charge in [0, 0.05) is 18.8 Å². The summed E-state index contributed by atoms with van der Waals surface area (Å²) >= 11 is 0. The number of rotatable bonds is 4. The maximum absolute atomic E-state index is 12.4. The van der Waals surface area contributed by atoms with E-state index in [-0.39, 0.29) is 17.2 Å². The molecule has 0 saturated heterocycles. The number of carbonyl (C=O) groups excluding carboxylic acids is 3. The summed E-state index contributed by atoms with van der Waals surface area (Å²) in [6, 6.07) is 5.27. The highest BCUT2D eigenvalue weighted by Gasteiger charge is 2.28. The second kappa shape index (κ2) is 8.15. The van der Waals surface area contributed by atoms with E-state index in [1.54, 1.807) is 41.5 Å². The van der Waals surface area contributed by atoms with Crippen LogP contribution in [0.5, 0.6) is 0 Å². The van der Waals surface area contributed by atoms with Gasteiger partial charge < -0.3 is 19.7 Å². The normalized spacial score (nSPS) is 13.3. The lowest BCUT2D eigenvalue weighted by atomic mass is 10.1. The van der Waals surface area contributed by atoms with Gasteiger partial charge in [-0.2, -0.15) is 0 Å². The Morgan fingerprint density at radius 2 is 1.73 bits per heavy atom. The Kier molecular flexibility index (Phi) is 5.95. The van der Waals surface area contributed by atoms with Crippen molar-refractivity contribution in [3.8, 4) is 0 Å². The Morgan fingerprint density at radius 3 is 2.35 bits per heavy atom. The molecule has 1 heterocycles. The van der Waals surface area contributed by atoms with Crippen molar-refractivity contribution in [2.75, 3.05) is 24.4 Å². The number of nitrogens with one attached hydrogen (secondary N) is 1. The molecular formula is C19H20N2O5. The average molecular weight is 356 g/mol. The maximum atomic E-state index is 12.4. The molecule has 7 heteroatoms. The fourth-order valence-corrected chi connectivity index (χ4v) is 2.50. The van der Waals surface area contributed by atoms with Crippen molar-refractivity contribution in [2.24, 2.45) is 0 Å². The number of nitrogens with zero attached hydrogens (tertiary/aromatic N) is 1. The second-order valence-electron chi connectivity index (χ2n) is 5.50. The molecule has 0 aromatic heterocycles. The van der Waals surface area contributed by atoms with Crippen molar-refractivity contribution in [3.05, 3.63) is 59.5 Å². The van der Waals surface area contributed by atoms with E-state index in [0.29, 0.717) is 11.4 Å². The minimum Gasteiger partial charge on any atom is -0.465 e. The first-order chi connectivity index (χ1) is 12.4. The third-order valence-electron chi connectivity index (χ3n) is 3.68. The Labute approximate surface area is 151 Å². The highest BCUT2D eigenvalue weighted by Crippen LogP contribution is 2.31. The lowest BCUT2D eigenvalue weighted by molar-refractivity contribution is -0.139. The van der Waals surface area contributed by atoms with Crippen LogP contribution in [0.1, 0.15) is 12.5 Å². The number of aryl methyl sites for hydroxylation is 1. The Hall–Kier alpha value is -3.35. The van der Waals surface area contributed by atoms with Gasteiger partial charge in [0.25, 0.3) is 0 Å². The van der Waals surface area contributed by atoms with E-state index in [4.69, 9.17) is 9.47 Å². The predicted octanol–water partition coefficient (Wildman–Crippen LogP) is 2.44. The summed E-state index contributed by atoms with van der Waals surface area (Å²) < 4.78 is 9.67. The first kappa shape index (κ1) is 19.0. The van der Waals surface area contributed by atoms with Crippen molar-refractivity contribution >= 4 is 29.2 Å². The molecule has 7 nitrogen and oxygen atoms in total. The molecule has 136 valence electrons. The standard InChI is InChI=1S/C19H20N2O5/c1-12-8-9-14(20-13(2)22)11-16(12)21-10-6-5-7-15(18(23)25-3)17(21)19(24)26-4/h5-11H,1-4H3,(H,20,22). The number of benzene rings is 1. The molecule has 0 fully saturated rings. The first-order valence-electron chi connectivity index (χ1n) is 7.82. The van der Waals surface area contributed by atoms with Crippen LogP contribution in [0.4, 0.5) is 11.4 Å². The van der Waals surface area contributed by atoms with Gasteiger partial charge in [-0.05, 0) is 36.8 Å². The van der Waals surface area contributed by atoms with Crippen LogP contribution in [0.2, 0.25) is 0 Å². The van der Waals surface area contributed by atoms with E-state index in [9.17, 15) is 14.4 Å². The summed E-state index contributed by atoms with van der Waals surface area (Å²) in [5.74, 6) is -1.57. The molecule has 26 heavy (non-hydrogen) atoms. The molecule has 0 aliphatic carbocycles. The third-order valence-corrected chi connectivity index (χ3v) is 3.68. The van der Waals surface area contributed by atoms with Crippen LogP contribution in [0.15, 0.2) is 53.9 Å². The van der Waals surface area contributed by atoms with Crippen molar-refractivity contribution in [3.63, 3.8) is 0 Å². The average Bonchev–Trinajstić information content (AvgIpc) is 2.84. The van der Waals surface area contributed by atoms with Crippen LogP contribution in [0.25, 0.3) is 0 Å². The van der Waals surface area contributed by atoms with E-state index in [1.807, 2.05) is 6.92 Å². The fraction of sp³-hybridized carbons (Fsp3) is 0.211. The number of esters is 2. The molecule has 1 aliphatic heterocycles. The zero-order valence-corrected chi connectivity index (χ0v) is 15.0. The summed E-state index contributed by atoms with van der Waals surface area (Å²) in [6.07, 6.45) is 6.44. The molecule has 0 bridgehead atoms. The lowest BCUT2D eigenvalue weighted by Crippen LogP contribution is -2.27. The summed E-state index contributed by atoms with van der Waals surface area (Å²) in [7, 11) is 2.48. The Bertz CT molecular complexity index is 836. The van der Waals surface area contributed by atoms with E-state index in [1.165, 1.54) is 27.2 Å². The smallest absolute Gasteiger partial charge is 0.355 e. The molecule has 0 unspecified atom stereocenters. The lowest BCUT2D eigenvalue weighted by Gasteiger charge is -2.25. The summed E-state index contributed by atoms with van der Waals surface area (Å²) in [5, 5.41) is 2.70. The zero-order valence-electron chi connectivity index (χ0n) is 15.0. The number of amides is 1. The van der Waals surface area contributed by atoms with Gasteiger partial charge in [-0.25, -0.2) is 9.59 Å². The summed E-state index contributed by atoms with van der Waals surface area (Å²) in [5.41, 5.74) is 2.09. The number of ether oxygens (including phenoxy) is 2. The molecule has 1 aromatic rings. The van der Waals surface area contributed by atoms with Gasteiger partial charge in [0.2, 0.25) is 5.91 Å². The van der Waals surface area contributed by atoms with Crippen LogP contribution in [0, 0.1) is 6.92 Å². The van der Waals surface area contributed by atoms with Crippen molar-refractivity contribution in [1.82, 2.24) is 0 Å². The number of hydrogen-bond acceptors (Lipinski definition) is 6. The Morgan fingerprint density at radius 1 is 1.04 bits per heavy atom. The third kappa shape index (κ3) is 4.00. The van der Waals surface area contributed by atoms with Gasteiger partial charge in [0.05, 0.1) is 25.5 Å². The molecule has 0 saturated carbocycles. The molecule has 2 rings (SSSR count). The van der Waals surface area contributed by atoms with Crippen molar-refractivity contribution in [1.29, 1.82) is 0 Å². The van der Waals surface area contributed by atoms with Gasteiger partial charge in [0.15, 0.2) is 0 Å². The largest absolute Gasteiger partial charge is 0.465 e. The van der Waals surface area contributed by atoms with Crippen molar-refractivity contribution < 1.29 is 23.9 Å². The molecule has 1 amide bonds. The highest BCUT2D eigenvalue weighted by molar-refractivity contribution is 6.05. The molecule has 0 atom stereocenters. The van der Waals surface area contributed by atoms with Gasteiger partial charge in [-0.3, -0.25) is 4.79 Å². The summed E-state index contributed by atoms with van der Waals surface area (Å²) in [4.78, 5) is 37.5. The van der Waals surface area contributed by atoms with Crippen LogP contribution in [-0.4, -0.2) is 32.1 Å². The predicted molar refractivity (Wildman–Crippen MR) is 97.3 cm³/mol. The monoisotopic (exact) mass is 356 g/mol. The van der Waals surface area contributed by atoms with E-state index < -0.39 is 11.9 Å². The van der Waals surface area contributed by atoms with Gasteiger partial charge in [-0.1, -0.05) is 12.1 Å². The maximum Gasteiger partial charge on any atom is 0.355 e. The van der Waals surface area contributed by atoms with Crippen LogP contribution in [-0.2, 0) is 23.9 Å². The molecule has 1 N–H and O–H groups in total. The van der Waals surface area contributed by atoms with E-state index in [0.717, 1.165) is 5.56 Å². The number of methoxy groups -OCH3 is 2. The fourth-order valence-electron chi connectivity index (χ4n) is 2.50. The Balaban J connectivity index is 2.67. The van der Waals surface area contributed by atoms with E-state index >= 15 is 0 Å². The highest BCUT2D eigenvalue weighted by atomic mass is 16.5. The number of hydrogen-bond donors (Lipinski definition) is 1. The van der Waals surface area contributed by atoms with Crippen LogP contribution < -0.4 is 10.2 Å². The first-order valence-corrected chi connectivity index (χ1v) is 7.82. The number of carbonyl (C=O) groups is 3. The molecule has 1 aromatic carbocycles. The minimum absolute atomic E-state index is 0.0208. The molecule has 1 aliphatic rings. The quantitative estimate of drug-likeness (QED) is 0.834. The topological polar surface area (TPSA) is 84.9 Å². The zero-order chi connectivity index (χ0) is 19.3. The molecular weight excluding hydrogens is 336 g/mol. The van der Waals surface area contributed by atoms with E-state index in [2.05, 4.69) is 5.32 Å². The van der Waals surface area contributed by atoms with Crippen LogP contribution >= 0.6 is 0 Å². The van der Waals surface area contributed by atoms with Gasteiger partial charge in [0.1, 0.15) is 5.70 Å². The second-order valence-corrected chi connectivity index (χ2v) is 5.50. The van der Waals surface area contributed by atoms with Crippen LogP contribution in [0.3, 0.4) is 0 Å². The number of allylic oxidation sites excluding steroid dienone is 2. The molecule has 0 radical (unpaired) electrons. The van der Waals surface area contributed by atoms with Crippen molar-refractivity contribution in [2.45, 2.75) is 13.8 Å². The SMILES string of the molecule is COC(=O)C1=C(C(=O)OC)N(c2cc(NC(C)=O)ccc2C)C=CC=C1. The van der Waals surface area contributed by atoms with Gasteiger partial charge >= 0.3 is 11.9 Å². The van der Waals surface area contributed by atoms with Gasteiger partial charge in [-0.15, -0.1) is 0 Å².